The van der Waals surface area contributed by atoms with E-state index in [1.807, 2.05) is 43.3 Å². The second kappa shape index (κ2) is 11.2. The highest BCUT2D eigenvalue weighted by atomic mass is 32.2. The first-order valence-electron chi connectivity index (χ1n) is 11.0. The number of carbonyl (C=O) groups is 2. The van der Waals surface area contributed by atoms with Gasteiger partial charge in [-0.15, -0.1) is 0 Å². The molecule has 3 aromatic carbocycles. The molecule has 6 nitrogen and oxygen atoms in total. The van der Waals surface area contributed by atoms with Crippen molar-refractivity contribution in [1.82, 2.24) is 4.90 Å². The number of aliphatic carboxylic acids is 1. The minimum atomic E-state index is -1.19. The number of carboxylic acids is 1. The van der Waals surface area contributed by atoms with Crippen molar-refractivity contribution in [2.75, 3.05) is 6.61 Å². The van der Waals surface area contributed by atoms with Gasteiger partial charge in [0.2, 0.25) is 0 Å². The minimum absolute atomic E-state index is 0.199. The highest BCUT2D eigenvalue weighted by molar-refractivity contribution is 8.26. The molecule has 1 N–H and O–H groups in total. The average molecular weight is 506 g/mol. The maximum atomic E-state index is 13.2. The summed E-state index contributed by atoms with van der Waals surface area (Å²) in [5.41, 5.74) is 2.23. The number of carboxylic acid groups (broad SMARTS) is 1. The monoisotopic (exact) mass is 505 g/mol. The summed E-state index contributed by atoms with van der Waals surface area (Å²) >= 11 is 6.48. The average Bonchev–Trinajstić information content (AvgIpc) is 3.13. The second-order valence-electron chi connectivity index (χ2n) is 7.62. The lowest BCUT2D eigenvalue weighted by Gasteiger charge is -2.23. The van der Waals surface area contributed by atoms with Gasteiger partial charge in [-0.2, -0.15) is 0 Å². The van der Waals surface area contributed by atoms with E-state index in [2.05, 4.69) is 0 Å². The molecule has 1 atom stereocenters. The molecule has 1 aliphatic rings. The van der Waals surface area contributed by atoms with Gasteiger partial charge >= 0.3 is 5.97 Å². The lowest BCUT2D eigenvalue weighted by molar-refractivity contribution is -0.145. The van der Waals surface area contributed by atoms with E-state index in [0.717, 1.165) is 22.2 Å². The third-order valence-corrected chi connectivity index (χ3v) is 6.56. The number of hydrogen-bond acceptors (Lipinski definition) is 6. The van der Waals surface area contributed by atoms with Crippen LogP contribution in [0.1, 0.15) is 29.7 Å². The van der Waals surface area contributed by atoms with Crippen LogP contribution in [0, 0.1) is 0 Å². The zero-order chi connectivity index (χ0) is 24.8. The van der Waals surface area contributed by atoms with Gasteiger partial charge < -0.3 is 14.6 Å². The standard InChI is InChI=1S/C27H23NO5S2/c1-2-32-22-15-19(13-14-21(22)33-17-18-9-5-3-6-10-18)16-23-25(29)28(27(34)35-23)24(26(30)31)20-11-7-4-8-12-20/h3-16,24H,2,17H2,1H3,(H,30,31)/b23-16-/t24-/m0/s1. The Bertz CT molecular complexity index is 1260. The van der Waals surface area contributed by atoms with Gasteiger partial charge in [-0.3, -0.25) is 9.69 Å². The highest BCUT2D eigenvalue weighted by Gasteiger charge is 2.41. The second-order valence-corrected chi connectivity index (χ2v) is 9.29. The SMILES string of the molecule is CCOc1cc(/C=C2\SC(=S)N([C@H](C(=O)O)c3ccccc3)C2=O)ccc1OCc1ccccc1. The zero-order valence-corrected chi connectivity index (χ0v) is 20.6. The van der Waals surface area contributed by atoms with Crippen LogP contribution in [0.15, 0.2) is 83.8 Å². The van der Waals surface area contributed by atoms with Crippen molar-refractivity contribution in [2.24, 2.45) is 0 Å². The lowest BCUT2D eigenvalue weighted by atomic mass is 10.1. The molecule has 0 saturated carbocycles. The first-order chi connectivity index (χ1) is 17.0. The van der Waals surface area contributed by atoms with Crippen LogP contribution in [-0.2, 0) is 16.2 Å². The van der Waals surface area contributed by atoms with Crippen molar-refractivity contribution < 1.29 is 24.2 Å². The Morgan fingerprint density at radius 1 is 1.03 bits per heavy atom. The first kappa shape index (κ1) is 24.5. The third-order valence-electron chi connectivity index (χ3n) is 5.23. The molecule has 0 unspecified atom stereocenters. The Labute approximate surface area is 213 Å². The van der Waals surface area contributed by atoms with Gasteiger partial charge in [-0.1, -0.05) is 90.7 Å². The maximum absolute atomic E-state index is 13.2. The maximum Gasteiger partial charge on any atom is 0.331 e. The molecule has 0 aromatic heterocycles. The van der Waals surface area contributed by atoms with Crippen molar-refractivity contribution in [1.29, 1.82) is 0 Å². The van der Waals surface area contributed by atoms with Crippen LogP contribution in [0.4, 0.5) is 0 Å². The molecule has 1 fully saturated rings. The molecule has 1 aliphatic heterocycles. The van der Waals surface area contributed by atoms with E-state index in [-0.39, 0.29) is 4.32 Å². The fourth-order valence-electron chi connectivity index (χ4n) is 3.63. The van der Waals surface area contributed by atoms with Crippen molar-refractivity contribution in [2.45, 2.75) is 19.6 Å². The molecule has 1 saturated heterocycles. The normalized spacial score (nSPS) is 15.3. The zero-order valence-electron chi connectivity index (χ0n) is 18.9. The fraction of sp³-hybridized carbons (Fsp3) is 0.148. The van der Waals surface area contributed by atoms with Gasteiger partial charge in [0.15, 0.2) is 17.5 Å². The number of ether oxygens (including phenoxy) is 2. The van der Waals surface area contributed by atoms with Crippen molar-refractivity contribution >= 4 is 46.3 Å². The predicted molar refractivity (Wildman–Crippen MR) is 140 cm³/mol. The molecule has 8 heteroatoms. The van der Waals surface area contributed by atoms with E-state index in [9.17, 15) is 14.7 Å². The van der Waals surface area contributed by atoms with Crippen molar-refractivity contribution in [3.8, 4) is 11.5 Å². The summed E-state index contributed by atoms with van der Waals surface area (Å²) in [6.07, 6.45) is 1.69. The van der Waals surface area contributed by atoms with Gasteiger partial charge in [-0.05, 0) is 41.8 Å². The lowest BCUT2D eigenvalue weighted by Crippen LogP contribution is -2.37. The van der Waals surface area contributed by atoms with Crippen LogP contribution in [0.2, 0.25) is 0 Å². The quantitative estimate of drug-likeness (QED) is 0.296. The van der Waals surface area contributed by atoms with E-state index in [0.29, 0.717) is 40.7 Å². The van der Waals surface area contributed by atoms with Gasteiger partial charge in [0.25, 0.3) is 5.91 Å². The van der Waals surface area contributed by atoms with Crippen LogP contribution in [0.5, 0.6) is 11.5 Å². The molecule has 1 heterocycles. The van der Waals surface area contributed by atoms with Crippen molar-refractivity contribution in [3.05, 3.63) is 100 Å². The summed E-state index contributed by atoms with van der Waals surface area (Å²) in [5, 5.41) is 9.84. The highest BCUT2D eigenvalue weighted by Crippen LogP contribution is 2.39. The summed E-state index contributed by atoms with van der Waals surface area (Å²) in [7, 11) is 0. The number of benzene rings is 3. The summed E-state index contributed by atoms with van der Waals surface area (Å²) in [5.74, 6) is -0.443. The van der Waals surface area contributed by atoms with Gasteiger partial charge in [-0.25, -0.2) is 4.79 Å². The topological polar surface area (TPSA) is 76.1 Å². The van der Waals surface area contributed by atoms with Crippen LogP contribution in [0.25, 0.3) is 6.08 Å². The fourth-order valence-corrected chi connectivity index (χ4v) is 4.94. The van der Waals surface area contributed by atoms with Crippen LogP contribution in [-0.4, -0.2) is 32.8 Å². The summed E-state index contributed by atoms with van der Waals surface area (Å²) < 4.78 is 11.9. The molecular weight excluding hydrogens is 482 g/mol. The summed E-state index contributed by atoms with van der Waals surface area (Å²) in [4.78, 5) is 26.8. The van der Waals surface area contributed by atoms with Crippen LogP contribution in [0.3, 0.4) is 0 Å². The predicted octanol–water partition coefficient (Wildman–Crippen LogP) is 5.69. The van der Waals surface area contributed by atoms with E-state index in [1.54, 1.807) is 48.5 Å². The van der Waals surface area contributed by atoms with Gasteiger partial charge in [0.1, 0.15) is 10.9 Å². The first-order valence-corrected chi connectivity index (χ1v) is 12.2. The molecule has 0 radical (unpaired) electrons. The Hall–Kier alpha value is -3.62. The van der Waals surface area contributed by atoms with Crippen LogP contribution < -0.4 is 9.47 Å². The molecule has 35 heavy (non-hydrogen) atoms. The molecule has 4 rings (SSSR count). The van der Waals surface area contributed by atoms with E-state index < -0.39 is 17.9 Å². The van der Waals surface area contributed by atoms with E-state index >= 15 is 0 Å². The molecular formula is C27H23NO5S2. The number of hydrogen-bond donors (Lipinski definition) is 1. The molecule has 3 aromatic rings. The third kappa shape index (κ3) is 5.72. The Morgan fingerprint density at radius 3 is 2.37 bits per heavy atom. The Kier molecular flexibility index (Phi) is 7.84. The molecule has 178 valence electrons. The number of rotatable bonds is 9. The minimum Gasteiger partial charge on any atom is -0.490 e. The van der Waals surface area contributed by atoms with Crippen LogP contribution >= 0.6 is 24.0 Å². The molecule has 1 amide bonds. The number of carbonyl (C=O) groups excluding carboxylic acids is 1. The summed E-state index contributed by atoms with van der Waals surface area (Å²) in [6.45, 7) is 2.73. The van der Waals surface area contributed by atoms with E-state index in [4.69, 9.17) is 21.7 Å². The smallest absolute Gasteiger partial charge is 0.331 e. The van der Waals surface area contributed by atoms with Crippen molar-refractivity contribution in [3.63, 3.8) is 0 Å². The van der Waals surface area contributed by atoms with Gasteiger partial charge in [0, 0.05) is 0 Å². The Balaban J connectivity index is 1.58. The van der Waals surface area contributed by atoms with Gasteiger partial charge in [0.05, 0.1) is 11.5 Å². The molecule has 0 bridgehead atoms. The summed E-state index contributed by atoms with van der Waals surface area (Å²) in [6, 6.07) is 22.6. The number of nitrogens with zero attached hydrogens (tertiary/aromatic N) is 1. The number of thiocarbonyl (C=S) groups is 1. The van der Waals surface area contributed by atoms with E-state index in [1.165, 1.54) is 0 Å². The number of thioether (sulfide) groups is 1. The molecule has 0 spiro atoms. The molecule has 0 aliphatic carbocycles. The largest absolute Gasteiger partial charge is 0.490 e. The number of amides is 1. The Morgan fingerprint density at radius 2 is 1.71 bits per heavy atom.